The number of nitrogens with one attached hydrogen (secondary N) is 1. The number of halogens is 4. The summed E-state index contributed by atoms with van der Waals surface area (Å²) >= 11 is 18.7. The molecule has 0 unspecified atom stereocenters. The molecule has 0 aliphatic heterocycles. The Labute approximate surface area is 191 Å². The molecule has 0 saturated carbocycles. The zero-order valence-electron chi connectivity index (χ0n) is 16.9. The van der Waals surface area contributed by atoms with Gasteiger partial charge in [0.15, 0.2) is 0 Å². The van der Waals surface area contributed by atoms with Gasteiger partial charge in [-0.05, 0) is 37.1 Å². The van der Waals surface area contributed by atoms with E-state index in [0.29, 0.717) is 28.6 Å². The largest absolute Gasteiger partial charge is 0.354 e. The average Bonchev–Trinajstić information content (AvgIpc) is 2.71. The molecule has 8 heteroatoms. The van der Waals surface area contributed by atoms with Crippen molar-refractivity contribution in [3.8, 4) is 0 Å². The molecule has 30 heavy (non-hydrogen) atoms. The molecule has 0 radical (unpaired) electrons. The third kappa shape index (κ3) is 6.10. The number of amides is 2. The summed E-state index contributed by atoms with van der Waals surface area (Å²) in [6.07, 6.45) is 0.844. The van der Waals surface area contributed by atoms with E-state index in [-0.39, 0.29) is 29.5 Å². The summed E-state index contributed by atoms with van der Waals surface area (Å²) in [6.45, 7) is 4.25. The van der Waals surface area contributed by atoms with E-state index in [9.17, 15) is 14.0 Å². The Morgan fingerprint density at radius 1 is 1.00 bits per heavy atom. The number of carbonyl (C=O) groups is 2. The van der Waals surface area contributed by atoms with Crippen molar-refractivity contribution in [2.75, 3.05) is 6.54 Å². The maximum Gasteiger partial charge on any atom is 0.242 e. The summed E-state index contributed by atoms with van der Waals surface area (Å²) in [6, 6.07) is 8.50. The van der Waals surface area contributed by atoms with E-state index >= 15 is 0 Å². The fourth-order valence-corrected chi connectivity index (χ4v) is 3.84. The number of carbonyl (C=O) groups excluding carboxylic acids is 2. The minimum atomic E-state index is -0.762. The van der Waals surface area contributed by atoms with Gasteiger partial charge >= 0.3 is 0 Å². The standard InChI is InChI=1S/C22H24Cl3FN2O2/c1-3-11-27-22(30)20(4-2)28(13-15-17(24)7-5-8-18(15)25)21(29)12-14-16(23)9-6-10-19(14)26/h5-10,20H,3-4,11-13H2,1-2H3,(H,27,30)/t20-/m0/s1. The maximum absolute atomic E-state index is 14.3. The Hall–Kier alpha value is -1.82. The first kappa shape index (κ1) is 24.4. The number of hydrogen-bond donors (Lipinski definition) is 1. The lowest BCUT2D eigenvalue weighted by atomic mass is 10.1. The van der Waals surface area contributed by atoms with E-state index in [0.717, 1.165) is 6.42 Å². The van der Waals surface area contributed by atoms with Crippen LogP contribution in [0.1, 0.15) is 37.8 Å². The van der Waals surface area contributed by atoms with Gasteiger partial charge in [0, 0.05) is 39.3 Å². The van der Waals surface area contributed by atoms with Crippen LogP contribution in [-0.4, -0.2) is 29.3 Å². The van der Waals surface area contributed by atoms with Crippen LogP contribution in [0, 0.1) is 5.82 Å². The van der Waals surface area contributed by atoms with Gasteiger partial charge < -0.3 is 10.2 Å². The quantitative estimate of drug-likeness (QED) is 0.511. The lowest BCUT2D eigenvalue weighted by molar-refractivity contribution is -0.141. The number of nitrogens with zero attached hydrogens (tertiary/aromatic N) is 1. The Morgan fingerprint density at radius 3 is 2.10 bits per heavy atom. The fourth-order valence-electron chi connectivity index (χ4n) is 3.09. The van der Waals surface area contributed by atoms with E-state index in [4.69, 9.17) is 34.8 Å². The predicted octanol–water partition coefficient (Wildman–Crippen LogP) is 5.66. The summed E-state index contributed by atoms with van der Waals surface area (Å²) in [7, 11) is 0. The first-order chi connectivity index (χ1) is 14.3. The molecule has 0 heterocycles. The van der Waals surface area contributed by atoms with Crippen molar-refractivity contribution in [3.63, 3.8) is 0 Å². The van der Waals surface area contributed by atoms with Crippen LogP contribution >= 0.6 is 34.8 Å². The van der Waals surface area contributed by atoms with Crippen LogP contribution in [0.5, 0.6) is 0 Å². The van der Waals surface area contributed by atoms with Gasteiger partial charge in [0.25, 0.3) is 0 Å². The average molecular weight is 474 g/mol. The molecule has 0 aliphatic rings. The molecule has 1 atom stereocenters. The van der Waals surface area contributed by atoms with Gasteiger partial charge in [-0.1, -0.05) is 60.8 Å². The van der Waals surface area contributed by atoms with Gasteiger partial charge in [-0.2, -0.15) is 0 Å². The topological polar surface area (TPSA) is 49.4 Å². The number of rotatable bonds is 9. The van der Waals surface area contributed by atoms with Crippen molar-refractivity contribution in [2.45, 2.75) is 45.7 Å². The van der Waals surface area contributed by atoms with E-state index in [2.05, 4.69) is 5.32 Å². The molecule has 0 fully saturated rings. The highest BCUT2D eigenvalue weighted by atomic mass is 35.5. The second-order valence-corrected chi connectivity index (χ2v) is 8.04. The molecular weight excluding hydrogens is 450 g/mol. The summed E-state index contributed by atoms with van der Waals surface area (Å²) in [5, 5.41) is 3.74. The lowest BCUT2D eigenvalue weighted by Gasteiger charge is -2.31. The fraction of sp³-hybridized carbons (Fsp3) is 0.364. The molecule has 2 rings (SSSR count). The molecule has 4 nitrogen and oxygen atoms in total. The van der Waals surface area contributed by atoms with Gasteiger partial charge in [0.2, 0.25) is 11.8 Å². The lowest BCUT2D eigenvalue weighted by Crippen LogP contribution is -2.49. The van der Waals surface area contributed by atoms with Crippen LogP contribution in [-0.2, 0) is 22.6 Å². The molecule has 0 spiro atoms. The van der Waals surface area contributed by atoms with Crippen molar-refractivity contribution >= 4 is 46.6 Å². The first-order valence-electron chi connectivity index (χ1n) is 9.73. The van der Waals surface area contributed by atoms with Crippen molar-refractivity contribution < 1.29 is 14.0 Å². The second kappa shape index (κ2) is 11.5. The predicted molar refractivity (Wildman–Crippen MR) is 120 cm³/mol. The van der Waals surface area contributed by atoms with E-state index in [1.807, 2.05) is 6.92 Å². The highest BCUT2D eigenvalue weighted by molar-refractivity contribution is 6.36. The van der Waals surface area contributed by atoms with Gasteiger partial charge in [-0.15, -0.1) is 0 Å². The molecule has 162 valence electrons. The van der Waals surface area contributed by atoms with Crippen LogP contribution in [0.25, 0.3) is 0 Å². The van der Waals surface area contributed by atoms with Crippen LogP contribution in [0.15, 0.2) is 36.4 Å². The molecular formula is C22H24Cl3FN2O2. The molecule has 0 aliphatic carbocycles. The summed E-state index contributed by atoms with van der Waals surface area (Å²) in [4.78, 5) is 27.4. The zero-order valence-corrected chi connectivity index (χ0v) is 19.1. The number of benzene rings is 2. The third-order valence-electron chi connectivity index (χ3n) is 4.71. The van der Waals surface area contributed by atoms with Crippen molar-refractivity contribution in [2.24, 2.45) is 0 Å². The van der Waals surface area contributed by atoms with Gasteiger partial charge in [0.1, 0.15) is 11.9 Å². The molecule has 2 aromatic rings. The molecule has 0 saturated heterocycles. The van der Waals surface area contributed by atoms with Crippen LogP contribution in [0.2, 0.25) is 15.1 Å². The highest BCUT2D eigenvalue weighted by Crippen LogP contribution is 2.28. The molecule has 1 N–H and O–H groups in total. The van der Waals surface area contributed by atoms with Gasteiger partial charge in [-0.25, -0.2) is 4.39 Å². The van der Waals surface area contributed by atoms with Crippen molar-refractivity contribution in [3.05, 3.63) is 68.4 Å². The second-order valence-electron chi connectivity index (χ2n) is 6.81. The summed E-state index contributed by atoms with van der Waals surface area (Å²) in [5.74, 6) is -1.30. The maximum atomic E-state index is 14.3. The van der Waals surface area contributed by atoms with Crippen molar-refractivity contribution in [1.29, 1.82) is 0 Å². The Bertz CT molecular complexity index is 867. The first-order valence-corrected chi connectivity index (χ1v) is 10.9. The highest BCUT2D eigenvalue weighted by Gasteiger charge is 2.30. The van der Waals surface area contributed by atoms with Crippen LogP contribution < -0.4 is 5.32 Å². The van der Waals surface area contributed by atoms with Crippen molar-refractivity contribution in [1.82, 2.24) is 10.2 Å². The monoisotopic (exact) mass is 472 g/mol. The molecule has 0 aromatic heterocycles. The Kier molecular flexibility index (Phi) is 9.40. The third-order valence-corrected chi connectivity index (χ3v) is 5.78. The summed E-state index contributed by atoms with van der Waals surface area (Å²) < 4.78 is 14.3. The van der Waals surface area contributed by atoms with E-state index < -0.39 is 17.8 Å². The van der Waals surface area contributed by atoms with E-state index in [1.165, 1.54) is 23.1 Å². The minimum Gasteiger partial charge on any atom is -0.354 e. The van der Waals surface area contributed by atoms with Crippen LogP contribution in [0.3, 0.4) is 0 Å². The zero-order chi connectivity index (χ0) is 22.3. The minimum absolute atomic E-state index is 0.0153. The Morgan fingerprint density at radius 2 is 1.57 bits per heavy atom. The SMILES string of the molecule is CCCNC(=O)[C@H](CC)N(Cc1c(Cl)cccc1Cl)C(=O)Cc1c(F)cccc1Cl. The van der Waals surface area contributed by atoms with Crippen LogP contribution in [0.4, 0.5) is 4.39 Å². The summed E-state index contributed by atoms with van der Waals surface area (Å²) in [5.41, 5.74) is 0.610. The van der Waals surface area contributed by atoms with Gasteiger partial charge in [0.05, 0.1) is 6.42 Å². The molecule has 0 bridgehead atoms. The van der Waals surface area contributed by atoms with E-state index in [1.54, 1.807) is 25.1 Å². The smallest absolute Gasteiger partial charge is 0.242 e. The number of hydrogen-bond acceptors (Lipinski definition) is 2. The molecule has 2 aromatic carbocycles. The Balaban J connectivity index is 2.41. The van der Waals surface area contributed by atoms with Gasteiger partial charge in [-0.3, -0.25) is 9.59 Å². The normalized spacial score (nSPS) is 11.8. The molecule has 2 amide bonds.